The quantitative estimate of drug-likeness (QED) is 0.898. The Morgan fingerprint density at radius 3 is 2.14 bits per heavy atom. The number of hydrogen-bond acceptors (Lipinski definition) is 3. The summed E-state index contributed by atoms with van der Waals surface area (Å²) >= 11 is 0. The third-order valence-corrected chi connectivity index (χ3v) is 2.91. The number of carboxylic acid groups (broad SMARTS) is 1. The summed E-state index contributed by atoms with van der Waals surface area (Å²) in [4.78, 5) is 11.0. The van der Waals surface area contributed by atoms with E-state index in [0.29, 0.717) is 0 Å². The minimum absolute atomic E-state index is 0.0534. The molecule has 1 rings (SSSR count). The van der Waals surface area contributed by atoms with Crippen molar-refractivity contribution in [2.75, 3.05) is 20.7 Å². The van der Waals surface area contributed by atoms with E-state index in [1.807, 2.05) is 7.05 Å². The number of benzene rings is 1. The first-order valence-corrected chi connectivity index (χ1v) is 6.24. The van der Waals surface area contributed by atoms with Crippen molar-refractivity contribution in [2.24, 2.45) is 0 Å². The predicted molar refractivity (Wildman–Crippen MR) is 73.0 cm³/mol. The fourth-order valence-corrected chi connectivity index (χ4v) is 1.32. The van der Waals surface area contributed by atoms with Gasteiger partial charge in [0.05, 0.1) is 5.56 Å². The average molecular weight is 307 g/mol. The molecule has 7 heteroatoms. The van der Waals surface area contributed by atoms with Crippen LogP contribution in [0.5, 0.6) is 0 Å². The molecule has 0 aliphatic carbocycles. The number of halogens is 3. The van der Waals surface area contributed by atoms with Gasteiger partial charge in [0.15, 0.2) is 5.60 Å². The number of ether oxygens (including phenoxy) is 1. The standard InChI is InChI=1S/C11H11F3O3.C3H9N/c1-10(17-2,9(15)16)7-4-3-5-8(6-7)11(12,13)14;1-3-4-2/h3-6H,1-2H3,(H,15,16);4H,3H2,1-2H3. The topological polar surface area (TPSA) is 58.6 Å². The molecule has 2 N–H and O–H groups in total. The summed E-state index contributed by atoms with van der Waals surface area (Å²) in [6.45, 7) is 4.34. The lowest BCUT2D eigenvalue weighted by Crippen LogP contribution is -2.34. The number of rotatable bonds is 4. The highest BCUT2D eigenvalue weighted by Gasteiger charge is 2.38. The lowest BCUT2D eigenvalue weighted by Gasteiger charge is -2.24. The Hall–Kier alpha value is -1.60. The summed E-state index contributed by atoms with van der Waals surface area (Å²) in [5, 5.41) is 11.9. The van der Waals surface area contributed by atoms with E-state index >= 15 is 0 Å². The van der Waals surface area contributed by atoms with Gasteiger partial charge in [0.1, 0.15) is 0 Å². The van der Waals surface area contributed by atoms with Crippen LogP contribution < -0.4 is 5.32 Å². The van der Waals surface area contributed by atoms with E-state index in [0.717, 1.165) is 31.9 Å². The monoisotopic (exact) mass is 307 g/mol. The second kappa shape index (κ2) is 7.99. The van der Waals surface area contributed by atoms with Gasteiger partial charge in [-0.15, -0.1) is 0 Å². The maximum atomic E-state index is 12.5. The van der Waals surface area contributed by atoms with Gasteiger partial charge in [-0.25, -0.2) is 4.79 Å². The molecule has 0 heterocycles. The smallest absolute Gasteiger partial charge is 0.416 e. The Morgan fingerprint density at radius 1 is 1.33 bits per heavy atom. The van der Waals surface area contributed by atoms with Crippen molar-refractivity contribution >= 4 is 5.97 Å². The second-order valence-corrected chi connectivity index (χ2v) is 4.33. The molecule has 0 radical (unpaired) electrons. The Labute approximate surface area is 121 Å². The third-order valence-electron chi connectivity index (χ3n) is 2.91. The number of hydrogen-bond donors (Lipinski definition) is 2. The number of carbonyl (C=O) groups is 1. The van der Waals surface area contributed by atoms with E-state index in [9.17, 15) is 18.0 Å². The normalized spacial score (nSPS) is 13.9. The highest BCUT2D eigenvalue weighted by Crippen LogP contribution is 2.33. The second-order valence-electron chi connectivity index (χ2n) is 4.33. The molecule has 4 nitrogen and oxygen atoms in total. The zero-order valence-electron chi connectivity index (χ0n) is 12.4. The summed E-state index contributed by atoms with van der Waals surface area (Å²) in [7, 11) is 3.06. The van der Waals surface area contributed by atoms with Gasteiger partial charge in [-0.05, 0) is 38.2 Å². The fraction of sp³-hybridized carbons (Fsp3) is 0.500. The molecule has 0 saturated carbocycles. The van der Waals surface area contributed by atoms with Crippen molar-refractivity contribution in [1.29, 1.82) is 0 Å². The summed E-state index contributed by atoms with van der Waals surface area (Å²) < 4.78 is 42.2. The predicted octanol–water partition coefficient (Wildman–Crippen LogP) is 2.88. The van der Waals surface area contributed by atoms with Crippen LogP contribution in [0.25, 0.3) is 0 Å². The molecular weight excluding hydrogens is 287 g/mol. The van der Waals surface area contributed by atoms with Crippen LogP contribution in [0, 0.1) is 0 Å². The number of nitrogens with one attached hydrogen (secondary N) is 1. The lowest BCUT2D eigenvalue weighted by molar-refractivity contribution is -0.161. The highest BCUT2D eigenvalue weighted by atomic mass is 19.4. The largest absolute Gasteiger partial charge is 0.479 e. The van der Waals surface area contributed by atoms with Crippen LogP contribution in [-0.2, 0) is 21.3 Å². The van der Waals surface area contributed by atoms with Crippen molar-refractivity contribution in [1.82, 2.24) is 5.32 Å². The van der Waals surface area contributed by atoms with E-state index in [2.05, 4.69) is 12.2 Å². The molecule has 1 atom stereocenters. The fourth-order valence-electron chi connectivity index (χ4n) is 1.32. The minimum Gasteiger partial charge on any atom is -0.479 e. The maximum absolute atomic E-state index is 12.5. The Bertz CT molecular complexity index is 461. The number of carboxylic acids is 1. The molecule has 1 aromatic rings. The maximum Gasteiger partial charge on any atom is 0.416 e. The highest BCUT2D eigenvalue weighted by molar-refractivity contribution is 5.79. The van der Waals surface area contributed by atoms with E-state index in [-0.39, 0.29) is 5.56 Å². The summed E-state index contributed by atoms with van der Waals surface area (Å²) in [5.74, 6) is -1.35. The average Bonchev–Trinajstić information content (AvgIpc) is 2.45. The van der Waals surface area contributed by atoms with Crippen LogP contribution in [0.4, 0.5) is 13.2 Å². The first kappa shape index (κ1) is 19.4. The van der Waals surface area contributed by atoms with Crippen molar-refractivity contribution in [2.45, 2.75) is 25.6 Å². The number of alkyl halides is 3. The number of methoxy groups -OCH3 is 1. The molecule has 0 amide bonds. The molecule has 0 aromatic heterocycles. The van der Waals surface area contributed by atoms with E-state index in [4.69, 9.17) is 9.84 Å². The van der Waals surface area contributed by atoms with Crippen LogP contribution in [0.3, 0.4) is 0 Å². The minimum atomic E-state index is -4.51. The van der Waals surface area contributed by atoms with Crippen molar-refractivity contribution in [3.05, 3.63) is 35.4 Å². The van der Waals surface area contributed by atoms with Gasteiger partial charge in [0.2, 0.25) is 0 Å². The Kier molecular flexibility index (Phi) is 7.38. The van der Waals surface area contributed by atoms with Gasteiger partial charge in [-0.3, -0.25) is 0 Å². The molecule has 1 unspecified atom stereocenters. The summed E-state index contributed by atoms with van der Waals surface area (Å²) in [6.07, 6.45) is -4.51. The van der Waals surface area contributed by atoms with Crippen molar-refractivity contribution < 1.29 is 27.8 Å². The molecule has 0 aliphatic rings. The third kappa shape index (κ3) is 5.35. The Balaban J connectivity index is 0.000000885. The summed E-state index contributed by atoms with van der Waals surface area (Å²) in [6, 6.07) is 4.09. The Morgan fingerprint density at radius 2 is 1.81 bits per heavy atom. The summed E-state index contributed by atoms with van der Waals surface area (Å²) in [5.41, 5.74) is -2.75. The van der Waals surface area contributed by atoms with Crippen molar-refractivity contribution in [3.8, 4) is 0 Å². The zero-order chi connectivity index (χ0) is 16.7. The van der Waals surface area contributed by atoms with Crippen LogP contribution in [0.15, 0.2) is 24.3 Å². The van der Waals surface area contributed by atoms with E-state index < -0.39 is 23.3 Å². The van der Waals surface area contributed by atoms with Crippen LogP contribution in [-0.4, -0.2) is 31.8 Å². The molecule has 21 heavy (non-hydrogen) atoms. The van der Waals surface area contributed by atoms with E-state index in [1.165, 1.54) is 13.0 Å². The molecule has 120 valence electrons. The van der Waals surface area contributed by atoms with Gasteiger partial charge in [0, 0.05) is 7.11 Å². The molecule has 0 spiro atoms. The first-order chi connectivity index (χ1) is 9.63. The van der Waals surface area contributed by atoms with Gasteiger partial charge in [-0.2, -0.15) is 13.2 Å². The van der Waals surface area contributed by atoms with E-state index in [1.54, 1.807) is 0 Å². The van der Waals surface area contributed by atoms with Crippen molar-refractivity contribution in [3.63, 3.8) is 0 Å². The zero-order valence-corrected chi connectivity index (χ0v) is 12.4. The van der Waals surface area contributed by atoms with Crippen LogP contribution in [0.2, 0.25) is 0 Å². The molecule has 0 aliphatic heterocycles. The first-order valence-electron chi connectivity index (χ1n) is 6.24. The van der Waals surface area contributed by atoms with Gasteiger partial charge >= 0.3 is 12.1 Å². The van der Waals surface area contributed by atoms with Gasteiger partial charge < -0.3 is 15.2 Å². The molecular formula is C14H20F3NO3. The lowest BCUT2D eigenvalue weighted by atomic mass is 9.94. The SMILES string of the molecule is CCNC.COC(C)(C(=O)O)c1cccc(C(F)(F)F)c1. The van der Waals surface area contributed by atoms with Crippen LogP contribution >= 0.6 is 0 Å². The van der Waals surface area contributed by atoms with Crippen LogP contribution in [0.1, 0.15) is 25.0 Å². The van der Waals surface area contributed by atoms with Gasteiger partial charge in [-0.1, -0.05) is 19.1 Å². The molecule has 0 bridgehead atoms. The molecule has 1 aromatic carbocycles. The number of aliphatic carboxylic acids is 1. The van der Waals surface area contributed by atoms with Gasteiger partial charge in [0.25, 0.3) is 0 Å². The molecule has 0 saturated heterocycles. The molecule has 0 fully saturated rings.